The number of rotatable bonds is 3. The number of aliphatic hydroxyl groups excluding tert-OH is 1. The van der Waals surface area contributed by atoms with Crippen molar-refractivity contribution in [3.63, 3.8) is 0 Å². The van der Waals surface area contributed by atoms with Gasteiger partial charge in [0.25, 0.3) is 0 Å². The fraction of sp³-hybridized carbons (Fsp3) is 0.647. The molecular weight excluding hydrogens is 234 g/mol. The second kappa shape index (κ2) is 5.16. The maximum Gasteiger partial charge on any atom is 0.0579 e. The van der Waals surface area contributed by atoms with Gasteiger partial charge in [-0.25, -0.2) is 0 Å². The molecule has 0 saturated carbocycles. The van der Waals surface area contributed by atoms with E-state index in [1.807, 2.05) is 0 Å². The lowest BCUT2D eigenvalue weighted by Gasteiger charge is -2.41. The van der Waals surface area contributed by atoms with Crippen LogP contribution < -0.4 is 4.90 Å². The van der Waals surface area contributed by atoms with E-state index in [9.17, 15) is 5.11 Å². The summed E-state index contributed by atoms with van der Waals surface area (Å²) in [5.74, 6) is 0. The highest BCUT2D eigenvalue weighted by Crippen LogP contribution is 2.42. The number of aliphatic hydroxyl groups is 1. The molecule has 2 heterocycles. The molecule has 0 aromatic heterocycles. The van der Waals surface area contributed by atoms with Gasteiger partial charge in [-0.3, -0.25) is 0 Å². The van der Waals surface area contributed by atoms with Crippen molar-refractivity contribution in [1.29, 1.82) is 0 Å². The predicted octanol–water partition coefficient (Wildman–Crippen LogP) is 3.30. The molecule has 19 heavy (non-hydrogen) atoms. The third-order valence-electron chi connectivity index (χ3n) is 4.93. The molecule has 1 N–H and O–H groups in total. The highest BCUT2D eigenvalue weighted by Gasteiger charge is 2.41. The number of hydrogen-bond donors (Lipinski definition) is 1. The summed E-state index contributed by atoms with van der Waals surface area (Å²) >= 11 is 0. The van der Waals surface area contributed by atoms with Gasteiger partial charge < -0.3 is 10.0 Å². The van der Waals surface area contributed by atoms with Crippen LogP contribution in [0.2, 0.25) is 0 Å². The maximum atomic E-state index is 9.98. The van der Waals surface area contributed by atoms with Gasteiger partial charge in [-0.15, -0.1) is 0 Å². The molecule has 2 aliphatic rings. The maximum absolute atomic E-state index is 9.98. The topological polar surface area (TPSA) is 23.5 Å². The number of fused-ring (bicyclic) bond motifs is 2. The molecule has 0 amide bonds. The molecule has 2 fully saturated rings. The Bertz CT molecular complexity index is 420. The summed E-state index contributed by atoms with van der Waals surface area (Å²) in [6.07, 6.45) is 6.54. The van der Waals surface area contributed by atoms with Crippen LogP contribution in [0.5, 0.6) is 0 Å². The summed E-state index contributed by atoms with van der Waals surface area (Å²) in [5.41, 5.74) is 4.45. The van der Waals surface area contributed by atoms with E-state index >= 15 is 0 Å². The van der Waals surface area contributed by atoms with E-state index < -0.39 is 0 Å². The monoisotopic (exact) mass is 259 g/mol. The number of para-hydroxylation sites is 1. The number of benzene rings is 1. The smallest absolute Gasteiger partial charge is 0.0579 e. The van der Waals surface area contributed by atoms with Gasteiger partial charge in [0.05, 0.1) is 6.10 Å². The Morgan fingerprint density at radius 3 is 2.05 bits per heavy atom. The lowest BCUT2D eigenvalue weighted by molar-refractivity contribution is 0.126. The van der Waals surface area contributed by atoms with E-state index in [2.05, 4.69) is 36.9 Å². The summed E-state index contributed by atoms with van der Waals surface area (Å²) in [6.45, 7) is 4.50. The summed E-state index contributed by atoms with van der Waals surface area (Å²) in [7, 11) is 0. The van der Waals surface area contributed by atoms with Gasteiger partial charge in [-0.2, -0.15) is 0 Å². The largest absolute Gasteiger partial charge is 0.393 e. The van der Waals surface area contributed by atoms with Gasteiger partial charge in [0, 0.05) is 17.8 Å². The zero-order valence-corrected chi connectivity index (χ0v) is 12.1. The Kier molecular flexibility index (Phi) is 3.53. The summed E-state index contributed by atoms with van der Waals surface area (Å²) < 4.78 is 0. The number of nitrogens with zero attached hydrogens (tertiary/aromatic N) is 1. The SMILES string of the molecule is CCc1cccc(CC)c1N1C2CCC1CC(O)C2. The van der Waals surface area contributed by atoms with E-state index in [1.165, 1.54) is 29.7 Å². The average molecular weight is 259 g/mol. The fourth-order valence-electron chi connectivity index (χ4n) is 4.06. The quantitative estimate of drug-likeness (QED) is 0.900. The van der Waals surface area contributed by atoms with Crippen LogP contribution in [0.25, 0.3) is 0 Å². The predicted molar refractivity (Wildman–Crippen MR) is 79.7 cm³/mol. The molecule has 2 aliphatic heterocycles. The summed E-state index contributed by atoms with van der Waals surface area (Å²) in [4.78, 5) is 2.66. The first kappa shape index (κ1) is 13.0. The van der Waals surface area contributed by atoms with Crippen LogP contribution in [0, 0.1) is 0 Å². The highest BCUT2D eigenvalue weighted by molar-refractivity contribution is 5.62. The van der Waals surface area contributed by atoms with Crippen molar-refractivity contribution in [1.82, 2.24) is 0 Å². The van der Waals surface area contributed by atoms with Gasteiger partial charge in [0.2, 0.25) is 0 Å². The molecule has 104 valence electrons. The second-order valence-electron chi connectivity index (χ2n) is 6.05. The van der Waals surface area contributed by atoms with E-state index in [1.54, 1.807) is 0 Å². The molecule has 0 spiro atoms. The van der Waals surface area contributed by atoms with Gasteiger partial charge in [-0.1, -0.05) is 32.0 Å². The Hall–Kier alpha value is -1.02. The first-order valence-electron chi connectivity index (χ1n) is 7.81. The van der Waals surface area contributed by atoms with Crippen molar-refractivity contribution in [2.45, 2.75) is 70.6 Å². The van der Waals surface area contributed by atoms with Crippen molar-refractivity contribution in [2.75, 3.05) is 4.90 Å². The molecule has 2 atom stereocenters. The van der Waals surface area contributed by atoms with Crippen molar-refractivity contribution in [3.8, 4) is 0 Å². The van der Waals surface area contributed by atoms with Crippen LogP contribution in [-0.4, -0.2) is 23.3 Å². The standard InChI is InChI=1S/C17H25NO/c1-3-12-6-5-7-13(4-2)17(12)18-14-8-9-15(18)11-16(19)10-14/h5-7,14-16,19H,3-4,8-11H2,1-2H3. The molecule has 0 radical (unpaired) electrons. The minimum absolute atomic E-state index is 0.0763. The molecule has 3 rings (SSSR count). The van der Waals surface area contributed by atoms with Crippen molar-refractivity contribution in [2.24, 2.45) is 0 Å². The van der Waals surface area contributed by atoms with Gasteiger partial charge >= 0.3 is 0 Å². The average Bonchev–Trinajstić information content (AvgIpc) is 2.69. The fourth-order valence-corrected chi connectivity index (χ4v) is 4.06. The number of hydrogen-bond acceptors (Lipinski definition) is 2. The van der Waals surface area contributed by atoms with Crippen LogP contribution in [0.1, 0.15) is 50.7 Å². The molecule has 2 bridgehead atoms. The lowest BCUT2D eigenvalue weighted by Crippen LogP contribution is -2.45. The number of piperidine rings is 1. The molecule has 2 heteroatoms. The Morgan fingerprint density at radius 2 is 1.58 bits per heavy atom. The molecular formula is C17H25NO. The van der Waals surface area contributed by atoms with Crippen LogP contribution in [0.15, 0.2) is 18.2 Å². The van der Waals surface area contributed by atoms with Crippen molar-refractivity contribution >= 4 is 5.69 Å². The zero-order chi connectivity index (χ0) is 13.4. The Labute approximate surface area is 116 Å². The normalized spacial score (nSPS) is 29.8. The molecule has 1 aromatic carbocycles. The zero-order valence-electron chi connectivity index (χ0n) is 12.1. The van der Waals surface area contributed by atoms with Crippen LogP contribution in [0.3, 0.4) is 0 Å². The minimum atomic E-state index is -0.0763. The van der Waals surface area contributed by atoms with Crippen LogP contribution in [0.4, 0.5) is 5.69 Å². The van der Waals surface area contributed by atoms with Gasteiger partial charge in [0.1, 0.15) is 0 Å². The minimum Gasteiger partial charge on any atom is -0.393 e. The second-order valence-corrected chi connectivity index (χ2v) is 6.05. The first-order valence-corrected chi connectivity index (χ1v) is 7.81. The lowest BCUT2D eigenvalue weighted by atomic mass is 9.94. The number of aryl methyl sites for hydroxylation is 2. The van der Waals surface area contributed by atoms with E-state index in [0.29, 0.717) is 12.1 Å². The number of anilines is 1. The third-order valence-corrected chi connectivity index (χ3v) is 4.93. The van der Waals surface area contributed by atoms with Gasteiger partial charge in [0.15, 0.2) is 0 Å². The van der Waals surface area contributed by atoms with Gasteiger partial charge in [-0.05, 0) is 49.7 Å². The van der Waals surface area contributed by atoms with E-state index in [0.717, 1.165) is 25.7 Å². The Morgan fingerprint density at radius 1 is 1.05 bits per heavy atom. The summed E-state index contributed by atoms with van der Waals surface area (Å²) in [5, 5.41) is 9.98. The molecule has 2 nitrogen and oxygen atoms in total. The molecule has 2 unspecified atom stereocenters. The van der Waals surface area contributed by atoms with Crippen molar-refractivity contribution < 1.29 is 5.11 Å². The summed E-state index contributed by atoms with van der Waals surface area (Å²) in [6, 6.07) is 7.87. The van der Waals surface area contributed by atoms with Crippen molar-refractivity contribution in [3.05, 3.63) is 29.3 Å². The Balaban J connectivity index is 2.02. The third kappa shape index (κ3) is 2.16. The van der Waals surface area contributed by atoms with Crippen LogP contribution in [-0.2, 0) is 12.8 Å². The first-order chi connectivity index (χ1) is 9.24. The molecule has 0 aliphatic carbocycles. The van der Waals surface area contributed by atoms with E-state index in [4.69, 9.17) is 0 Å². The molecule has 2 saturated heterocycles. The highest BCUT2D eigenvalue weighted by atomic mass is 16.3. The van der Waals surface area contributed by atoms with E-state index in [-0.39, 0.29) is 6.10 Å². The molecule has 1 aromatic rings. The van der Waals surface area contributed by atoms with Crippen LogP contribution >= 0.6 is 0 Å².